The van der Waals surface area contributed by atoms with Gasteiger partial charge in [0, 0.05) is 12.7 Å². The van der Waals surface area contributed by atoms with Crippen LogP contribution in [0.2, 0.25) is 0 Å². The fraction of sp³-hybridized carbons (Fsp3) is 0.250. The summed E-state index contributed by atoms with van der Waals surface area (Å²) in [7, 11) is 1.79. The van der Waals surface area contributed by atoms with E-state index in [1.807, 2.05) is 37.3 Å². The number of para-hydroxylation sites is 1. The SMILES string of the molecule is C[C@H](Sc1nncs1)C(=O)N(C)c1ccccc1. The molecule has 94 valence electrons. The second kappa shape index (κ2) is 5.97. The molecule has 0 saturated heterocycles. The highest BCUT2D eigenvalue weighted by atomic mass is 32.2. The van der Waals surface area contributed by atoms with Crippen LogP contribution in [0.15, 0.2) is 40.2 Å². The van der Waals surface area contributed by atoms with Gasteiger partial charge in [0.15, 0.2) is 4.34 Å². The van der Waals surface area contributed by atoms with Crippen molar-refractivity contribution < 1.29 is 4.79 Å². The molecular formula is C12H13N3OS2. The van der Waals surface area contributed by atoms with E-state index in [1.54, 1.807) is 17.5 Å². The van der Waals surface area contributed by atoms with Crippen molar-refractivity contribution in [2.75, 3.05) is 11.9 Å². The zero-order chi connectivity index (χ0) is 13.0. The van der Waals surface area contributed by atoms with Crippen molar-refractivity contribution in [3.05, 3.63) is 35.8 Å². The van der Waals surface area contributed by atoms with E-state index in [0.717, 1.165) is 10.0 Å². The maximum Gasteiger partial charge on any atom is 0.240 e. The van der Waals surface area contributed by atoms with Crippen LogP contribution in [0.3, 0.4) is 0 Å². The molecule has 1 heterocycles. The smallest absolute Gasteiger partial charge is 0.240 e. The van der Waals surface area contributed by atoms with Crippen LogP contribution in [0.4, 0.5) is 5.69 Å². The monoisotopic (exact) mass is 279 g/mol. The fourth-order valence-electron chi connectivity index (χ4n) is 1.47. The molecule has 0 bridgehead atoms. The van der Waals surface area contributed by atoms with Crippen LogP contribution in [-0.2, 0) is 4.79 Å². The summed E-state index contributed by atoms with van der Waals surface area (Å²) in [5, 5.41) is 7.51. The number of thioether (sulfide) groups is 1. The first kappa shape index (κ1) is 13.0. The van der Waals surface area contributed by atoms with Gasteiger partial charge in [0.1, 0.15) is 5.51 Å². The molecule has 1 aromatic heterocycles. The molecule has 0 fully saturated rings. The predicted octanol–water partition coefficient (Wildman–Crippen LogP) is 2.68. The fourth-order valence-corrected chi connectivity index (χ4v) is 3.19. The van der Waals surface area contributed by atoms with E-state index in [0.29, 0.717) is 0 Å². The summed E-state index contributed by atoms with van der Waals surface area (Å²) in [5.74, 6) is 0.0569. The summed E-state index contributed by atoms with van der Waals surface area (Å²) in [6.45, 7) is 1.88. The van der Waals surface area contributed by atoms with Gasteiger partial charge in [-0.05, 0) is 19.1 Å². The van der Waals surface area contributed by atoms with Gasteiger partial charge in [0.25, 0.3) is 0 Å². The Morgan fingerprint density at radius 2 is 2.11 bits per heavy atom. The first-order valence-corrected chi connectivity index (χ1v) is 7.20. The van der Waals surface area contributed by atoms with E-state index in [1.165, 1.54) is 23.1 Å². The standard InChI is InChI=1S/C12H13N3OS2/c1-9(18-12-14-13-8-17-12)11(16)15(2)10-6-4-3-5-7-10/h3-9H,1-2H3/t9-/m0/s1. The van der Waals surface area contributed by atoms with Gasteiger partial charge in [-0.25, -0.2) is 0 Å². The Morgan fingerprint density at radius 3 is 2.72 bits per heavy atom. The average Bonchev–Trinajstić information content (AvgIpc) is 2.91. The van der Waals surface area contributed by atoms with Crippen molar-refractivity contribution in [2.24, 2.45) is 0 Å². The molecule has 0 unspecified atom stereocenters. The molecule has 1 amide bonds. The number of carbonyl (C=O) groups is 1. The summed E-state index contributed by atoms with van der Waals surface area (Å²) in [6.07, 6.45) is 0. The summed E-state index contributed by atoms with van der Waals surface area (Å²) in [6, 6.07) is 9.60. The molecule has 6 heteroatoms. The third-order valence-corrected chi connectivity index (χ3v) is 4.34. The second-order valence-electron chi connectivity index (χ2n) is 3.70. The Morgan fingerprint density at radius 1 is 1.39 bits per heavy atom. The number of anilines is 1. The lowest BCUT2D eigenvalue weighted by molar-refractivity contribution is -0.117. The van der Waals surface area contributed by atoms with Gasteiger partial charge in [-0.15, -0.1) is 10.2 Å². The third kappa shape index (κ3) is 3.08. The van der Waals surface area contributed by atoms with Crippen molar-refractivity contribution in [3.63, 3.8) is 0 Å². The minimum atomic E-state index is -0.178. The number of aromatic nitrogens is 2. The highest BCUT2D eigenvalue weighted by Crippen LogP contribution is 2.26. The number of nitrogens with zero attached hydrogens (tertiary/aromatic N) is 3. The molecule has 0 aliphatic rings. The molecule has 4 nitrogen and oxygen atoms in total. The van der Waals surface area contributed by atoms with E-state index >= 15 is 0 Å². The Hall–Kier alpha value is -1.40. The van der Waals surface area contributed by atoms with E-state index in [-0.39, 0.29) is 11.2 Å². The van der Waals surface area contributed by atoms with Crippen molar-refractivity contribution in [2.45, 2.75) is 16.5 Å². The molecule has 0 radical (unpaired) electrons. The number of hydrogen-bond acceptors (Lipinski definition) is 5. The largest absolute Gasteiger partial charge is 0.315 e. The highest BCUT2D eigenvalue weighted by molar-refractivity contribution is 8.02. The zero-order valence-electron chi connectivity index (χ0n) is 10.1. The number of amides is 1. The van der Waals surface area contributed by atoms with E-state index < -0.39 is 0 Å². The quantitative estimate of drug-likeness (QED) is 0.807. The summed E-state index contributed by atoms with van der Waals surface area (Å²) in [4.78, 5) is 13.9. The van der Waals surface area contributed by atoms with Crippen LogP contribution in [-0.4, -0.2) is 28.4 Å². The summed E-state index contributed by atoms with van der Waals surface area (Å²) in [5.41, 5.74) is 2.56. The van der Waals surface area contributed by atoms with Gasteiger partial charge in [-0.3, -0.25) is 4.79 Å². The Balaban J connectivity index is 2.02. The molecule has 1 aromatic carbocycles. The minimum absolute atomic E-state index is 0.0569. The number of rotatable bonds is 4. The lowest BCUT2D eigenvalue weighted by atomic mass is 10.3. The van der Waals surface area contributed by atoms with Gasteiger partial charge < -0.3 is 4.90 Å². The van der Waals surface area contributed by atoms with Gasteiger partial charge in [0.05, 0.1) is 5.25 Å². The van der Waals surface area contributed by atoms with Gasteiger partial charge in [0.2, 0.25) is 5.91 Å². The van der Waals surface area contributed by atoms with Crippen LogP contribution in [0.1, 0.15) is 6.92 Å². The highest BCUT2D eigenvalue weighted by Gasteiger charge is 2.20. The van der Waals surface area contributed by atoms with Crippen molar-refractivity contribution in [3.8, 4) is 0 Å². The van der Waals surface area contributed by atoms with E-state index in [9.17, 15) is 4.79 Å². The first-order valence-electron chi connectivity index (χ1n) is 5.44. The molecule has 0 spiro atoms. The molecular weight excluding hydrogens is 266 g/mol. The lowest BCUT2D eigenvalue weighted by Crippen LogP contribution is -2.33. The van der Waals surface area contributed by atoms with Crippen LogP contribution < -0.4 is 4.90 Å². The first-order chi connectivity index (χ1) is 8.68. The van der Waals surface area contributed by atoms with Crippen molar-refractivity contribution >= 4 is 34.7 Å². The third-order valence-electron chi connectivity index (χ3n) is 2.44. The summed E-state index contributed by atoms with van der Waals surface area (Å²) >= 11 is 2.88. The van der Waals surface area contributed by atoms with Gasteiger partial charge >= 0.3 is 0 Å². The molecule has 0 aliphatic carbocycles. The maximum absolute atomic E-state index is 12.2. The van der Waals surface area contributed by atoms with E-state index in [4.69, 9.17) is 0 Å². The van der Waals surface area contributed by atoms with Crippen LogP contribution in [0.25, 0.3) is 0 Å². The Bertz CT molecular complexity index is 501. The van der Waals surface area contributed by atoms with Crippen molar-refractivity contribution in [1.82, 2.24) is 10.2 Å². The lowest BCUT2D eigenvalue weighted by Gasteiger charge is -2.20. The topological polar surface area (TPSA) is 46.1 Å². The van der Waals surface area contributed by atoms with Gasteiger partial charge in [-0.1, -0.05) is 41.3 Å². The van der Waals surface area contributed by atoms with E-state index in [2.05, 4.69) is 10.2 Å². The normalized spacial score (nSPS) is 12.1. The predicted molar refractivity (Wildman–Crippen MR) is 75.1 cm³/mol. The Kier molecular flexibility index (Phi) is 4.33. The molecule has 2 aromatic rings. The number of carbonyl (C=O) groups excluding carboxylic acids is 1. The number of hydrogen-bond donors (Lipinski definition) is 0. The molecule has 0 aliphatic heterocycles. The maximum atomic E-state index is 12.2. The minimum Gasteiger partial charge on any atom is -0.315 e. The van der Waals surface area contributed by atoms with Crippen LogP contribution in [0.5, 0.6) is 0 Å². The molecule has 0 saturated carbocycles. The molecule has 18 heavy (non-hydrogen) atoms. The van der Waals surface area contributed by atoms with Crippen LogP contribution >= 0.6 is 23.1 Å². The molecule has 1 atom stereocenters. The van der Waals surface area contributed by atoms with Crippen molar-refractivity contribution in [1.29, 1.82) is 0 Å². The summed E-state index contributed by atoms with van der Waals surface area (Å²) < 4.78 is 0.817. The molecule has 2 rings (SSSR count). The average molecular weight is 279 g/mol. The molecule has 0 N–H and O–H groups in total. The second-order valence-corrected chi connectivity index (χ2v) is 6.12. The zero-order valence-corrected chi connectivity index (χ0v) is 11.7. The number of benzene rings is 1. The Labute approximate surface area is 114 Å². The van der Waals surface area contributed by atoms with Crippen LogP contribution in [0, 0.1) is 0 Å². The van der Waals surface area contributed by atoms with Gasteiger partial charge in [-0.2, -0.15) is 0 Å².